The first-order chi connectivity index (χ1) is 49.9. The topological polar surface area (TPSA) is 397 Å². The van der Waals surface area contributed by atoms with Crippen LogP contribution in [0.25, 0.3) is 0 Å². The van der Waals surface area contributed by atoms with Gasteiger partial charge in [0.15, 0.2) is 28.9 Å². The number of ketones is 5. The second kappa shape index (κ2) is 73.1. The maximum absolute atomic E-state index is 12.5. The van der Waals surface area contributed by atoms with Crippen molar-refractivity contribution in [3.63, 3.8) is 0 Å². The van der Waals surface area contributed by atoms with Crippen molar-refractivity contribution in [3.05, 3.63) is 149 Å². The first kappa shape index (κ1) is 128. The van der Waals surface area contributed by atoms with Gasteiger partial charge in [-0.25, -0.2) is 0 Å². The summed E-state index contributed by atoms with van der Waals surface area (Å²) >= 11 is 0. The summed E-state index contributed by atoms with van der Waals surface area (Å²) in [5.41, 5.74) is -3.13. The van der Waals surface area contributed by atoms with E-state index in [-0.39, 0.29) is 163 Å². The van der Waals surface area contributed by atoms with Crippen LogP contribution in [0.3, 0.4) is 0 Å². The minimum Gasteiger partial charge on any atom is -0.491 e. The molecule has 0 saturated carbocycles. The lowest BCUT2D eigenvalue weighted by Gasteiger charge is -2.23. The number of methoxy groups -OCH3 is 1. The molecule has 5 aromatic carbocycles. The van der Waals surface area contributed by atoms with Crippen LogP contribution in [0.2, 0.25) is 0 Å². The molecule has 0 bridgehead atoms. The fraction of sp³-hybridized carbons (Fsp3) is 0.598. The van der Waals surface area contributed by atoms with Crippen LogP contribution in [0.1, 0.15) is 195 Å². The van der Waals surface area contributed by atoms with Crippen molar-refractivity contribution in [2.24, 2.45) is 0 Å². The number of Topliss-reactive ketones (excluding diaryl/α,β-unsaturated/α-hetero) is 5. The van der Waals surface area contributed by atoms with E-state index in [0.717, 1.165) is 0 Å². The predicted molar refractivity (Wildman–Crippen MR) is 457 cm³/mol. The third kappa shape index (κ3) is 56.7. The summed E-state index contributed by atoms with van der Waals surface area (Å²) in [6.45, 7) is 22.1. The molecule has 0 saturated heterocycles. The Morgan fingerprint density at radius 1 is 0.235 bits per heavy atom. The number of aliphatic hydroxyl groups excluding tert-OH is 7. The van der Waals surface area contributed by atoms with Crippen LogP contribution < -0.4 is 23.7 Å². The highest BCUT2D eigenvalue weighted by molar-refractivity contribution is 6.04. The molecule has 0 heterocycles. The minimum absolute atomic E-state index is 0. The predicted octanol–water partition coefficient (Wildman–Crippen LogP) is 12.2. The van der Waals surface area contributed by atoms with E-state index in [1.54, 1.807) is 170 Å². The third-order valence-corrected chi connectivity index (χ3v) is 13.9. The molecular formula is C87H154O28. The number of aliphatic hydroxyl groups is 9. The quantitative estimate of drug-likeness (QED) is 0.0129. The van der Waals surface area contributed by atoms with Crippen LogP contribution >= 0.6 is 0 Å². The zero-order valence-corrected chi connectivity index (χ0v) is 62.7. The van der Waals surface area contributed by atoms with Crippen molar-refractivity contribution < 1.29 is 136 Å². The Balaban J connectivity index is -0.000000147. The van der Waals surface area contributed by atoms with E-state index in [9.17, 15) is 34.2 Å². The second-order valence-electron chi connectivity index (χ2n) is 24.8. The summed E-state index contributed by atoms with van der Waals surface area (Å²) < 4.78 is 73.8. The van der Waals surface area contributed by atoms with Crippen molar-refractivity contribution in [2.75, 3.05) is 179 Å². The first-order valence-corrected chi connectivity index (χ1v) is 34.3. The number of benzene rings is 5. The molecule has 0 spiro atoms. The van der Waals surface area contributed by atoms with Gasteiger partial charge in [-0.3, -0.25) is 24.0 Å². The average Bonchev–Trinajstić information content (AvgIpc) is 0.857. The van der Waals surface area contributed by atoms with Crippen molar-refractivity contribution in [1.29, 1.82) is 0 Å². The monoisotopic (exact) mass is 1650 g/mol. The number of rotatable bonds is 50. The lowest BCUT2D eigenvalue weighted by molar-refractivity contribution is -0.0234. The number of carbonyl (C=O) groups excluding carboxylic acids is 5. The van der Waals surface area contributed by atoms with Gasteiger partial charge in [0.05, 0.1) is 139 Å². The molecule has 9 N–H and O–H groups in total. The van der Waals surface area contributed by atoms with Gasteiger partial charge in [0.25, 0.3) is 0 Å². The summed E-state index contributed by atoms with van der Waals surface area (Å²) in [5.74, 6) is 2.13. The SMILES string of the molecule is C.C.C.C.C.C.C.C.C.C.CC(C)(O)C(=O)c1ccc(OCCOCCO)cc1.CC(C)(O)C(=O)c1ccc(OCCOCCO)cc1.CC(C)(OCCO)C(=O)c1ccc(OCCOCCO)cc1.CC(C)(OCCO)C(=O)c1ccc(OCCOCCO)cc1.COCCOC(C)(C)C(=O)c1ccc(OCCOCCO)cc1. The van der Waals surface area contributed by atoms with Gasteiger partial charge >= 0.3 is 0 Å². The summed E-state index contributed by atoms with van der Waals surface area (Å²) in [6, 6.07) is 33.6. The van der Waals surface area contributed by atoms with E-state index in [1.807, 2.05) is 0 Å². The molecule has 5 aromatic rings. The molecule has 0 radical (unpaired) electrons. The number of ether oxygens (including phenoxy) is 14. The van der Waals surface area contributed by atoms with Gasteiger partial charge in [0, 0.05) is 34.9 Å². The molecule has 28 nitrogen and oxygen atoms in total. The van der Waals surface area contributed by atoms with Crippen LogP contribution in [0, 0.1) is 0 Å². The summed E-state index contributed by atoms with van der Waals surface area (Å²) in [6.07, 6.45) is 0. The van der Waals surface area contributed by atoms with Crippen LogP contribution in [0.5, 0.6) is 28.7 Å². The average molecular weight is 1650 g/mol. The molecular weight excluding hydrogens is 1490 g/mol. The minimum atomic E-state index is -1.37. The Bertz CT molecular complexity index is 2930. The van der Waals surface area contributed by atoms with Gasteiger partial charge < -0.3 is 112 Å². The zero-order chi connectivity index (χ0) is 78.6. The molecule has 5 rings (SSSR count). The fourth-order valence-electron chi connectivity index (χ4n) is 8.37. The Morgan fingerprint density at radius 3 is 0.557 bits per heavy atom. The van der Waals surface area contributed by atoms with E-state index in [1.165, 1.54) is 27.7 Å². The first-order valence-electron chi connectivity index (χ1n) is 34.3. The van der Waals surface area contributed by atoms with E-state index in [2.05, 4.69) is 0 Å². The van der Waals surface area contributed by atoms with Crippen molar-refractivity contribution in [1.82, 2.24) is 0 Å². The van der Waals surface area contributed by atoms with Gasteiger partial charge in [0.1, 0.15) is 89.8 Å². The maximum atomic E-state index is 12.5. The van der Waals surface area contributed by atoms with Crippen molar-refractivity contribution in [3.8, 4) is 28.7 Å². The summed E-state index contributed by atoms with van der Waals surface area (Å²) in [4.78, 5) is 60.7. The highest BCUT2D eigenvalue weighted by Crippen LogP contribution is 2.25. The highest BCUT2D eigenvalue weighted by Gasteiger charge is 2.32. The van der Waals surface area contributed by atoms with Crippen LogP contribution in [-0.4, -0.2) is 282 Å². The molecule has 115 heavy (non-hydrogen) atoms. The normalized spacial score (nSPS) is 10.4. The highest BCUT2D eigenvalue weighted by atomic mass is 16.6. The van der Waals surface area contributed by atoms with Crippen molar-refractivity contribution in [2.45, 2.75) is 172 Å². The van der Waals surface area contributed by atoms with Gasteiger partial charge in [-0.2, -0.15) is 0 Å². The molecule has 670 valence electrons. The molecule has 0 aliphatic carbocycles. The summed E-state index contributed by atoms with van der Waals surface area (Å²) in [7, 11) is 1.59. The van der Waals surface area contributed by atoms with Gasteiger partial charge in [0.2, 0.25) is 0 Å². The molecule has 0 unspecified atom stereocenters. The van der Waals surface area contributed by atoms with Gasteiger partial charge in [-0.05, 0) is 191 Å². The van der Waals surface area contributed by atoms with Gasteiger partial charge in [-0.1, -0.05) is 74.3 Å². The van der Waals surface area contributed by atoms with Crippen LogP contribution in [-0.2, 0) is 42.6 Å². The van der Waals surface area contributed by atoms with E-state index in [0.29, 0.717) is 169 Å². The zero-order valence-electron chi connectivity index (χ0n) is 62.7. The number of carbonyl (C=O) groups is 5. The maximum Gasteiger partial charge on any atom is 0.194 e. The third-order valence-electron chi connectivity index (χ3n) is 13.9. The molecule has 0 aliphatic heterocycles. The second-order valence-corrected chi connectivity index (χ2v) is 24.8. The smallest absolute Gasteiger partial charge is 0.194 e. The van der Waals surface area contributed by atoms with Crippen molar-refractivity contribution >= 4 is 28.9 Å². The van der Waals surface area contributed by atoms with Gasteiger partial charge in [-0.15, -0.1) is 0 Å². The lowest BCUT2D eigenvalue weighted by Crippen LogP contribution is -2.36. The Labute approximate surface area is 690 Å². The Hall–Kier alpha value is -7.27. The van der Waals surface area contributed by atoms with Crippen LogP contribution in [0.4, 0.5) is 0 Å². The molecule has 0 atom stereocenters. The Kier molecular flexibility index (Phi) is 81.7. The van der Waals surface area contributed by atoms with E-state index < -0.39 is 28.0 Å². The fourth-order valence-corrected chi connectivity index (χ4v) is 8.37. The Morgan fingerprint density at radius 2 is 0.400 bits per heavy atom. The van der Waals surface area contributed by atoms with E-state index in [4.69, 9.17) is 102 Å². The van der Waals surface area contributed by atoms with Crippen LogP contribution in [0.15, 0.2) is 121 Å². The molecule has 0 aliphatic rings. The molecule has 0 amide bonds. The number of hydrogen-bond donors (Lipinski definition) is 9. The van der Waals surface area contributed by atoms with E-state index >= 15 is 0 Å². The summed E-state index contributed by atoms with van der Waals surface area (Å²) in [5, 5.41) is 79.5. The molecule has 28 heteroatoms. The standard InChI is InChI=1S/C17H26O6.2C16H24O6.2C14H20O5.10CH4/c1-17(2,23-13-10-20-3)16(19)14-4-6-15(7-5-14)22-12-11-21-9-8-18;2*1-16(2,22-10-8-18)15(19)13-3-5-14(6-4-13)21-12-11-20-9-7-17;2*1-14(2,17)13(16)11-3-5-12(6-4-11)19-10-9-18-8-7-15;;;;;;;;;;/h4-7,18H,8-13H2,1-3H3;2*3-6,17-18H,7-12H2,1-2H3;2*3-6,15,17H,7-10H2,1-2H3;10*1H4. The molecule has 0 fully saturated rings. The number of hydrogen-bond acceptors (Lipinski definition) is 28. The lowest BCUT2D eigenvalue weighted by atomic mass is 9.96. The molecule has 0 aromatic heterocycles. The largest absolute Gasteiger partial charge is 0.491 e.